The monoisotopic (exact) mass is 330 g/mol. The van der Waals surface area contributed by atoms with E-state index in [2.05, 4.69) is 5.32 Å². The molecule has 1 N–H and O–H groups in total. The van der Waals surface area contributed by atoms with Crippen molar-refractivity contribution in [3.8, 4) is 5.75 Å². The summed E-state index contributed by atoms with van der Waals surface area (Å²) in [7, 11) is 1.64. The minimum atomic E-state index is -0.436. The van der Waals surface area contributed by atoms with Crippen molar-refractivity contribution in [1.29, 1.82) is 0 Å². The normalized spacial score (nSPS) is 10.1. The van der Waals surface area contributed by atoms with Crippen LogP contribution in [0.15, 0.2) is 48.5 Å². The number of carbonyl (C=O) groups excluding carboxylic acids is 2. The molecule has 0 aliphatic carbocycles. The highest BCUT2D eigenvalue weighted by atomic mass is 19.1. The lowest BCUT2D eigenvalue weighted by Crippen LogP contribution is -2.31. The molecule has 0 bridgehead atoms. The lowest BCUT2D eigenvalue weighted by Gasteiger charge is -2.18. The van der Waals surface area contributed by atoms with Crippen LogP contribution in [0, 0.1) is 5.82 Å². The number of rotatable bonds is 6. The van der Waals surface area contributed by atoms with Crippen molar-refractivity contribution in [3.05, 3.63) is 59.9 Å². The van der Waals surface area contributed by atoms with Crippen molar-refractivity contribution < 1.29 is 18.7 Å². The Morgan fingerprint density at radius 3 is 2.62 bits per heavy atom. The SMILES string of the molecule is CC(=O)Nc1cccc(C(=O)N(C)CCOc2ccccc2F)c1. The van der Waals surface area contributed by atoms with Gasteiger partial charge in [0, 0.05) is 25.2 Å². The van der Waals surface area contributed by atoms with E-state index >= 15 is 0 Å². The number of nitrogens with one attached hydrogen (secondary N) is 1. The van der Waals surface area contributed by atoms with Crippen LogP contribution in [0.4, 0.5) is 10.1 Å². The second-order valence-corrected chi connectivity index (χ2v) is 5.27. The highest BCUT2D eigenvalue weighted by Crippen LogP contribution is 2.15. The third-order valence-corrected chi connectivity index (χ3v) is 3.30. The predicted octanol–water partition coefficient (Wildman–Crippen LogP) is 2.94. The zero-order chi connectivity index (χ0) is 17.5. The Kier molecular flexibility index (Phi) is 5.89. The summed E-state index contributed by atoms with van der Waals surface area (Å²) >= 11 is 0. The minimum absolute atomic E-state index is 0.158. The van der Waals surface area contributed by atoms with E-state index in [1.54, 1.807) is 43.4 Å². The van der Waals surface area contributed by atoms with E-state index in [1.165, 1.54) is 24.0 Å². The second kappa shape index (κ2) is 8.10. The Balaban J connectivity index is 1.92. The molecule has 2 aromatic rings. The molecule has 0 spiro atoms. The molecule has 5 nitrogen and oxygen atoms in total. The molecule has 0 aromatic heterocycles. The van der Waals surface area contributed by atoms with E-state index in [9.17, 15) is 14.0 Å². The zero-order valence-electron chi connectivity index (χ0n) is 13.6. The zero-order valence-corrected chi connectivity index (χ0v) is 13.6. The Labute approximate surface area is 140 Å². The number of benzene rings is 2. The first-order valence-electron chi connectivity index (χ1n) is 7.48. The topological polar surface area (TPSA) is 58.6 Å². The van der Waals surface area contributed by atoms with E-state index in [0.29, 0.717) is 17.8 Å². The fraction of sp³-hybridized carbons (Fsp3) is 0.222. The average Bonchev–Trinajstić information content (AvgIpc) is 2.55. The van der Waals surface area contributed by atoms with Gasteiger partial charge in [0.25, 0.3) is 5.91 Å². The Hall–Kier alpha value is -2.89. The van der Waals surface area contributed by atoms with Crippen molar-refractivity contribution in [1.82, 2.24) is 4.90 Å². The molecule has 6 heteroatoms. The van der Waals surface area contributed by atoms with Crippen LogP contribution in [0.5, 0.6) is 5.75 Å². The van der Waals surface area contributed by atoms with E-state index in [0.717, 1.165) is 0 Å². The van der Waals surface area contributed by atoms with Crippen molar-refractivity contribution in [2.45, 2.75) is 6.92 Å². The van der Waals surface area contributed by atoms with Crippen molar-refractivity contribution in [3.63, 3.8) is 0 Å². The summed E-state index contributed by atoms with van der Waals surface area (Å²) in [5.74, 6) is -0.689. The highest BCUT2D eigenvalue weighted by Gasteiger charge is 2.12. The maximum absolute atomic E-state index is 13.4. The van der Waals surface area contributed by atoms with Gasteiger partial charge in [0.05, 0.1) is 6.54 Å². The van der Waals surface area contributed by atoms with Crippen molar-refractivity contribution in [2.24, 2.45) is 0 Å². The van der Waals surface area contributed by atoms with Gasteiger partial charge in [0.1, 0.15) is 6.61 Å². The Morgan fingerprint density at radius 2 is 1.92 bits per heavy atom. The van der Waals surface area contributed by atoms with E-state index in [1.807, 2.05) is 0 Å². The van der Waals surface area contributed by atoms with E-state index < -0.39 is 5.82 Å². The smallest absolute Gasteiger partial charge is 0.253 e. The fourth-order valence-corrected chi connectivity index (χ4v) is 2.11. The van der Waals surface area contributed by atoms with Crippen molar-refractivity contribution in [2.75, 3.05) is 25.5 Å². The molecule has 2 amide bonds. The number of carbonyl (C=O) groups is 2. The van der Waals surface area contributed by atoms with Crippen LogP contribution >= 0.6 is 0 Å². The van der Waals surface area contributed by atoms with Crippen LogP contribution in [0.25, 0.3) is 0 Å². The number of ether oxygens (including phenoxy) is 1. The number of hydrogen-bond donors (Lipinski definition) is 1. The number of anilines is 1. The standard InChI is InChI=1S/C18H19FN2O3/c1-13(22)20-15-7-5-6-14(12-15)18(23)21(2)10-11-24-17-9-4-3-8-16(17)19/h3-9,12H,10-11H2,1-2H3,(H,20,22). The quantitative estimate of drug-likeness (QED) is 0.886. The number of halogens is 1. The summed E-state index contributed by atoms with van der Waals surface area (Å²) in [5.41, 5.74) is 1.01. The summed E-state index contributed by atoms with van der Waals surface area (Å²) in [6, 6.07) is 12.8. The molecule has 0 atom stereocenters. The van der Waals surface area contributed by atoms with E-state index in [4.69, 9.17) is 4.74 Å². The van der Waals surface area contributed by atoms with Gasteiger partial charge in [-0.2, -0.15) is 0 Å². The molecule has 0 radical (unpaired) electrons. The second-order valence-electron chi connectivity index (χ2n) is 5.27. The first kappa shape index (κ1) is 17.5. The summed E-state index contributed by atoms with van der Waals surface area (Å²) in [4.78, 5) is 24.9. The van der Waals surface area contributed by atoms with Gasteiger partial charge in [0.15, 0.2) is 11.6 Å². The number of hydrogen-bond acceptors (Lipinski definition) is 3. The largest absolute Gasteiger partial charge is 0.489 e. The van der Waals surface area contributed by atoms with Crippen molar-refractivity contribution >= 4 is 17.5 Å². The molecule has 24 heavy (non-hydrogen) atoms. The van der Waals surface area contributed by atoms with Gasteiger partial charge < -0.3 is 15.0 Å². The van der Waals surface area contributed by atoms with Gasteiger partial charge in [-0.05, 0) is 30.3 Å². The number of amides is 2. The van der Waals surface area contributed by atoms with E-state index in [-0.39, 0.29) is 24.2 Å². The molecule has 0 saturated carbocycles. The van der Waals surface area contributed by atoms with Gasteiger partial charge in [-0.15, -0.1) is 0 Å². The van der Waals surface area contributed by atoms with Gasteiger partial charge in [-0.3, -0.25) is 9.59 Å². The molecular weight excluding hydrogens is 311 g/mol. The van der Waals surface area contributed by atoms with Crippen LogP contribution in [-0.2, 0) is 4.79 Å². The minimum Gasteiger partial charge on any atom is -0.489 e. The molecule has 0 heterocycles. The Morgan fingerprint density at radius 1 is 1.17 bits per heavy atom. The van der Waals surface area contributed by atoms with Crippen LogP contribution in [-0.4, -0.2) is 36.9 Å². The van der Waals surface area contributed by atoms with Crippen LogP contribution < -0.4 is 10.1 Å². The van der Waals surface area contributed by atoms with Gasteiger partial charge in [-0.25, -0.2) is 4.39 Å². The first-order chi connectivity index (χ1) is 11.5. The van der Waals surface area contributed by atoms with Crippen LogP contribution in [0.3, 0.4) is 0 Å². The maximum atomic E-state index is 13.4. The third kappa shape index (κ3) is 4.81. The number of nitrogens with zero attached hydrogens (tertiary/aromatic N) is 1. The van der Waals surface area contributed by atoms with Crippen LogP contribution in [0.2, 0.25) is 0 Å². The maximum Gasteiger partial charge on any atom is 0.253 e. The van der Waals surface area contributed by atoms with Crippen LogP contribution in [0.1, 0.15) is 17.3 Å². The molecular formula is C18H19FN2O3. The first-order valence-corrected chi connectivity index (χ1v) is 7.48. The van der Waals surface area contributed by atoms with Gasteiger partial charge in [0.2, 0.25) is 5.91 Å². The molecule has 0 saturated heterocycles. The summed E-state index contributed by atoms with van der Waals surface area (Å²) < 4.78 is 18.8. The number of likely N-dealkylation sites (N-methyl/N-ethyl adjacent to an activating group) is 1. The average molecular weight is 330 g/mol. The van der Waals surface area contributed by atoms with Gasteiger partial charge in [-0.1, -0.05) is 18.2 Å². The molecule has 126 valence electrons. The molecule has 0 unspecified atom stereocenters. The predicted molar refractivity (Wildman–Crippen MR) is 89.6 cm³/mol. The third-order valence-electron chi connectivity index (χ3n) is 3.30. The molecule has 0 fully saturated rings. The molecule has 0 aliphatic heterocycles. The lowest BCUT2D eigenvalue weighted by atomic mass is 10.1. The summed E-state index contributed by atoms with van der Waals surface area (Å²) in [5, 5.41) is 2.63. The summed E-state index contributed by atoms with van der Waals surface area (Å²) in [6.45, 7) is 1.88. The molecule has 0 aliphatic rings. The highest BCUT2D eigenvalue weighted by molar-refractivity contribution is 5.96. The number of para-hydroxylation sites is 1. The van der Waals surface area contributed by atoms with Gasteiger partial charge >= 0.3 is 0 Å². The molecule has 2 rings (SSSR count). The molecule has 2 aromatic carbocycles. The lowest BCUT2D eigenvalue weighted by molar-refractivity contribution is -0.114. The summed E-state index contributed by atoms with van der Waals surface area (Å²) in [6.07, 6.45) is 0. The Bertz CT molecular complexity index is 734. The fourth-order valence-electron chi connectivity index (χ4n) is 2.11.